The van der Waals surface area contributed by atoms with E-state index < -0.39 is 40.3 Å². The number of thiazole rings is 1. The summed E-state index contributed by atoms with van der Waals surface area (Å²) in [6, 6.07) is 4.48. The molecule has 2 aliphatic rings. The molecule has 6 N–H and O–H groups in total. The highest BCUT2D eigenvalue weighted by atomic mass is 32.1. The van der Waals surface area contributed by atoms with Crippen LogP contribution in [0.2, 0.25) is 0 Å². The average Bonchev–Trinajstić information content (AvgIpc) is 3.20. The van der Waals surface area contributed by atoms with E-state index >= 15 is 0 Å². The number of hydrogen-bond donors (Lipinski definition) is 5. The number of benzene rings is 2. The molecule has 0 saturated heterocycles. The summed E-state index contributed by atoms with van der Waals surface area (Å²) < 4.78 is 5.21. The molecule has 2 aromatic carbocycles. The highest BCUT2D eigenvalue weighted by Gasteiger charge is 2.47. The lowest BCUT2D eigenvalue weighted by Gasteiger charge is -2.37. The zero-order valence-electron chi connectivity index (χ0n) is 16.7. The maximum absolute atomic E-state index is 13.3. The van der Waals surface area contributed by atoms with Crippen molar-refractivity contribution < 1.29 is 34.8 Å². The summed E-state index contributed by atoms with van der Waals surface area (Å²) in [6.07, 6.45) is -1.94. The highest BCUT2D eigenvalue weighted by Crippen LogP contribution is 2.52. The van der Waals surface area contributed by atoms with Crippen LogP contribution in [0.5, 0.6) is 17.2 Å². The van der Waals surface area contributed by atoms with E-state index in [1.807, 2.05) is 0 Å². The van der Waals surface area contributed by atoms with Gasteiger partial charge in [0.15, 0.2) is 10.9 Å². The van der Waals surface area contributed by atoms with Crippen molar-refractivity contribution in [2.45, 2.75) is 24.5 Å². The molecule has 0 radical (unpaired) electrons. The molecule has 9 nitrogen and oxygen atoms in total. The van der Waals surface area contributed by atoms with Crippen LogP contribution in [0.25, 0.3) is 0 Å². The van der Waals surface area contributed by atoms with Crippen molar-refractivity contribution in [1.82, 2.24) is 4.98 Å². The number of nitrogens with zero attached hydrogens (tertiary/aromatic N) is 1. The number of aliphatic hydroxyl groups excluding tert-OH is 1. The minimum absolute atomic E-state index is 0.0235. The van der Waals surface area contributed by atoms with Gasteiger partial charge in [-0.3, -0.25) is 9.59 Å². The first-order valence-electron chi connectivity index (χ1n) is 9.67. The van der Waals surface area contributed by atoms with Crippen molar-refractivity contribution in [3.05, 3.63) is 62.7 Å². The first kappa shape index (κ1) is 20.4. The molecule has 3 aromatic rings. The first-order valence-corrected chi connectivity index (χ1v) is 10.5. The number of carbonyl (C=O) groups is 2. The minimum Gasteiger partial charge on any atom is -0.507 e. The molecule has 0 spiro atoms. The van der Waals surface area contributed by atoms with Crippen LogP contribution in [0.4, 0.5) is 5.13 Å². The number of phenolic OH excluding ortho intramolecular Hbond substituents is 2. The van der Waals surface area contributed by atoms with Gasteiger partial charge in [-0.05, 0) is 6.07 Å². The van der Waals surface area contributed by atoms with E-state index in [0.29, 0.717) is 0 Å². The van der Waals surface area contributed by atoms with Crippen molar-refractivity contribution in [1.29, 1.82) is 0 Å². The number of phenols is 2. The van der Waals surface area contributed by atoms with E-state index in [1.54, 1.807) is 5.38 Å². The number of nitrogens with two attached hydrogens (primary N) is 1. The number of hydrogen-bond acceptors (Lipinski definition) is 10. The molecule has 32 heavy (non-hydrogen) atoms. The molecule has 1 aromatic heterocycles. The molecule has 1 heterocycles. The van der Waals surface area contributed by atoms with Crippen LogP contribution in [0.1, 0.15) is 61.2 Å². The van der Waals surface area contributed by atoms with Gasteiger partial charge in [0.1, 0.15) is 22.8 Å². The molecule has 2 atom stereocenters. The Bertz CT molecular complexity index is 1330. The topological polar surface area (TPSA) is 163 Å². The highest BCUT2D eigenvalue weighted by molar-refractivity contribution is 7.13. The standard InChI is InChI=1S/C22H18N2O7S/c1-31-11-4-2-3-8-14(11)20(29)16-15(17(8)26)18(27)9-5-22(30,12-7-32-21(23)24-12)6-10(25)13(9)19(16)28/h2-4,7,10,25,27-28,30H,5-6H2,1H3,(H2,23,24)/t10-,22-/m0/s1. The zero-order chi connectivity index (χ0) is 22.9. The van der Waals surface area contributed by atoms with Crippen LogP contribution in [0.15, 0.2) is 23.6 Å². The Labute approximate surface area is 185 Å². The fourth-order valence-corrected chi connectivity index (χ4v) is 5.30. The van der Waals surface area contributed by atoms with Crippen molar-refractivity contribution in [2.24, 2.45) is 0 Å². The smallest absolute Gasteiger partial charge is 0.202 e. The van der Waals surface area contributed by atoms with Crippen LogP contribution < -0.4 is 10.5 Å². The van der Waals surface area contributed by atoms with E-state index in [1.165, 1.54) is 25.3 Å². The fourth-order valence-electron chi connectivity index (χ4n) is 4.64. The van der Waals surface area contributed by atoms with Gasteiger partial charge >= 0.3 is 0 Å². The van der Waals surface area contributed by atoms with Crippen LogP contribution in [-0.4, -0.2) is 44.1 Å². The third-order valence-electron chi connectivity index (χ3n) is 6.09. The molecule has 0 aliphatic heterocycles. The molecule has 5 rings (SSSR count). The molecule has 164 valence electrons. The first-order chi connectivity index (χ1) is 15.2. The molecular formula is C22H18N2O7S. The number of nitrogen functional groups attached to an aromatic ring is 1. The number of aromatic nitrogens is 1. The quantitative estimate of drug-likeness (QED) is 0.284. The monoisotopic (exact) mass is 454 g/mol. The van der Waals surface area contributed by atoms with E-state index in [4.69, 9.17) is 10.5 Å². The summed E-state index contributed by atoms with van der Waals surface area (Å²) >= 11 is 1.11. The summed E-state index contributed by atoms with van der Waals surface area (Å²) in [6.45, 7) is 0. The van der Waals surface area contributed by atoms with Crippen LogP contribution in [0, 0.1) is 0 Å². The van der Waals surface area contributed by atoms with E-state index in [-0.39, 0.29) is 57.2 Å². The number of aliphatic hydroxyl groups is 2. The maximum Gasteiger partial charge on any atom is 0.202 e. The third kappa shape index (κ3) is 2.60. The lowest BCUT2D eigenvalue weighted by molar-refractivity contribution is -0.0307. The molecule has 0 amide bonds. The molecule has 0 saturated carbocycles. The number of fused-ring (bicyclic) bond motifs is 3. The summed E-state index contributed by atoms with van der Waals surface area (Å²) in [7, 11) is 1.35. The summed E-state index contributed by atoms with van der Waals surface area (Å²) in [5.74, 6) is -2.40. The van der Waals surface area contributed by atoms with Gasteiger partial charge in [0.25, 0.3) is 0 Å². The van der Waals surface area contributed by atoms with Crippen molar-refractivity contribution in [2.75, 3.05) is 12.8 Å². The normalized spacial score (nSPS) is 21.7. The predicted molar refractivity (Wildman–Crippen MR) is 113 cm³/mol. The van der Waals surface area contributed by atoms with E-state index in [9.17, 15) is 30.0 Å². The van der Waals surface area contributed by atoms with E-state index in [0.717, 1.165) is 11.3 Å². The van der Waals surface area contributed by atoms with Gasteiger partial charge in [-0.25, -0.2) is 4.98 Å². The summed E-state index contributed by atoms with van der Waals surface area (Å²) in [4.78, 5) is 30.6. The molecule has 0 fully saturated rings. The van der Waals surface area contributed by atoms with Gasteiger partial charge in [0.05, 0.1) is 35.6 Å². The lowest BCUT2D eigenvalue weighted by atomic mass is 9.72. The van der Waals surface area contributed by atoms with E-state index in [2.05, 4.69) is 4.98 Å². The molecule has 0 unspecified atom stereocenters. The van der Waals surface area contributed by atoms with Gasteiger partial charge in [-0.15, -0.1) is 11.3 Å². The van der Waals surface area contributed by atoms with Crippen molar-refractivity contribution >= 4 is 28.0 Å². The number of carbonyl (C=O) groups excluding carboxylic acids is 2. The lowest BCUT2D eigenvalue weighted by Crippen LogP contribution is -2.36. The van der Waals surface area contributed by atoms with Crippen LogP contribution in [0.3, 0.4) is 0 Å². The van der Waals surface area contributed by atoms with Gasteiger partial charge in [-0.1, -0.05) is 12.1 Å². The van der Waals surface area contributed by atoms with Gasteiger partial charge < -0.3 is 30.9 Å². The van der Waals surface area contributed by atoms with Crippen molar-refractivity contribution in [3.63, 3.8) is 0 Å². The summed E-state index contributed by atoms with van der Waals surface area (Å²) in [5.41, 5.74) is 3.28. The Morgan fingerprint density at radius 2 is 1.88 bits per heavy atom. The Morgan fingerprint density at radius 1 is 1.16 bits per heavy atom. The Kier molecular flexibility index (Phi) is 4.32. The third-order valence-corrected chi connectivity index (χ3v) is 6.77. The largest absolute Gasteiger partial charge is 0.507 e. The SMILES string of the molecule is COc1cccc2c1C(=O)c1c(O)c3c(c(O)c1C2=O)C[C@@](O)(c1csc(N)n1)C[C@@H]3O. The number of aromatic hydroxyl groups is 2. The van der Waals surface area contributed by atoms with Gasteiger partial charge in [0, 0.05) is 34.9 Å². The van der Waals surface area contributed by atoms with Gasteiger partial charge in [-0.2, -0.15) is 0 Å². The number of ketones is 2. The fraction of sp³-hybridized carbons (Fsp3) is 0.227. The average molecular weight is 454 g/mol. The number of rotatable bonds is 2. The molecular weight excluding hydrogens is 436 g/mol. The Morgan fingerprint density at radius 3 is 2.53 bits per heavy atom. The van der Waals surface area contributed by atoms with Crippen LogP contribution in [-0.2, 0) is 12.0 Å². The molecule has 2 aliphatic carbocycles. The molecule has 10 heteroatoms. The number of anilines is 1. The second-order valence-electron chi connectivity index (χ2n) is 7.88. The minimum atomic E-state index is -1.69. The second-order valence-corrected chi connectivity index (χ2v) is 8.77. The Hall–Kier alpha value is -3.47. The summed E-state index contributed by atoms with van der Waals surface area (Å²) in [5, 5.41) is 45.8. The zero-order valence-corrected chi connectivity index (χ0v) is 17.6. The number of methoxy groups -OCH3 is 1. The maximum atomic E-state index is 13.3. The van der Waals surface area contributed by atoms with Crippen molar-refractivity contribution in [3.8, 4) is 17.2 Å². The van der Waals surface area contributed by atoms with Crippen LogP contribution >= 0.6 is 11.3 Å². The second kappa shape index (κ2) is 6.76. The Balaban J connectivity index is 1.75. The number of ether oxygens (including phenoxy) is 1. The van der Waals surface area contributed by atoms with Gasteiger partial charge in [0.2, 0.25) is 5.78 Å². The predicted octanol–water partition coefficient (Wildman–Crippen LogP) is 1.79. The molecule has 0 bridgehead atoms.